The van der Waals surface area contributed by atoms with Crippen molar-refractivity contribution in [2.75, 3.05) is 13.1 Å². The zero-order chi connectivity index (χ0) is 23.3. The van der Waals surface area contributed by atoms with Crippen LogP contribution < -0.4 is 5.32 Å². The average molecular weight is 463 g/mol. The van der Waals surface area contributed by atoms with Crippen molar-refractivity contribution in [3.63, 3.8) is 0 Å². The Kier molecular flexibility index (Phi) is 5.38. The molecule has 0 bridgehead atoms. The molecular formula is C23H18ClF3N2O3. The van der Waals surface area contributed by atoms with Gasteiger partial charge in [-0.2, -0.15) is 13.2 Å². The van der Waals surface area contributed by atoms with E-state index < -0.39 is 29.0 Å². The molecule has 2 aliphatic heterocycles. The van der Waals surface area contributed by atoms with Gasteiger partial charge >= 0.3 is 6.18 Å². The number of alkyl halides is 3. The number of rotatable bonds is 4. The van der Waals surface area contributed by atoms with Crippen LogP contribution in [0.5, 0.6) is 0 Å². The van der Waals surface area contributed by atoms with Crippen LogP contribution in [0.25, 0.3) is 0 Å². The molecule has 2 aromatic rings. The summed E-state index contributed by atoms with van der Waals surface area (Å²) in [6, 6.07) is 11.8. The van der Waals surface area contributed by atoms with Gasteiger partial charge in [-0.1, -0.05) is 41.4 Å². The normalized spacial score (nSPS) is 20.6. The van der Waals surface area contributed by atoms with E-state index in [1.807, 2.05) is 0 Å². The van der Waals surface area contributed by atoms with Crippen LogP contribution in [0.15, 0.2) is 71.6 Å². The third kappa shape index (κ3) is 3.49. The van der Waals surface area contributed by atoms with Crippen molar-refractivity contribution in [3.05, 3.63) is 93.3 Å². The van der Waals surface area contributed by atoms with Crippen LogP contribution in [0.1, 0.15) is 26.3 Å². The lowest BCUT2D eigenvalue weighted by atomic mass is 9.86. The molecule has 1 saturated heterocycles. The van der Waals surface area contributed by atoms with Gasteiger partial charge in [-0.25, -0.2) is 0 Å². The minimum Gasteiger partial charge on any atom is -0.369 e. The maximum atomic E-state index is 14.2. The second-order valence-electron chi connectivity index (χ2n) is 7.60. The van der Waals surface area contributed by atoms with Crippen molar-refractivity contribution >= 4 is 23.2 Å². The summed E-state index contributed by atoms with van der Waals surface area (Å²) < 4.78 is 42.6. The van der Waals surface area contributed by atoms with E-state index in [1.54, 1.807) is 19.1 Å². The molecule has 2 aliphatic rings. The number of hydrogen-bond donors (Lipinski definition) is 2. The highest BCUT2D eigenvalue weighted by Crippen LogP contribution is 2.46. The van der Waals surface area contributed by atoms with E-state index in [2.05, 4.69) is 5.32 Å². The largest absolute Gasteiger partial charge is 0.441 e. The first-order valence-corrected chi connectivity index (χ1v) is 10.1. The number of aryl methyl sites for hydroxylation is 1. The number of nitrogens with one attached hydrogen (secondary N) is 1. The Balaban J connectivity index is 1.90. The van der Waals surface area contributed by atoms with Gasteiger partial charge in [0.25, 0.3) is 5.72 Å². The molecule has 2 aromatic carbocycles. The van der Waals surface area contributed by atoms with Crippen LogP contribution in [-0.4, -0.2) is 46.6 Å². The SMILES string of the molecule is Cc1ccc(C(=O)C2=CC(C(=O)c3ccc(Cl)cc3)=C3NCCN3C2(O)C(F)(F)F)cc1. The Bertz CT molecular complexity index is 1150. The highest BCUT2D eigenvalue weighted by Gasteiger charge is 2.65. The molecule has 0 aromatic heterocycles. The molecule has 2 N–H and O–H groups in total. The zero-order valence-corrected chi connectivity index (χ0v) is 17.6. The van der Waals surface area contributed by atoms with Gasteiger partial charge in [0.15, 0.2) is 11.6 Å². The van der Waals surface area contributed by atoms with E-state index in [4.69, 9.17) is 11.6 Å². The number of carbonyl (C=O) groups is 2. The number of ketones is 2. The van der Waals surface area contributed by atoms with Gasteiger partial charge in [0.2, 0.25) is 0 Å². The molecule has 0 saturated carbocycles. The summed E-state index contributed by atoms with van der Waals surface area (Å²) in [5.41, 5.74) is -3.69. The highest BCUT2D eigenvalue weighted by atomic mass is 35.5. The van der Waals surface area contributed by atoms with Gasteiger partial charge in [-0.05, 0) is 37.3 Å². The molecule has 0 spiro atoms. The van der Waals surface area contributed by atoms with Crippen molar-refractivity contribution in [1.29, 1.82) is 0 Å². The van der Waals surface area contributed by atoms with Crippen molar-refractivity contribution in [3.8, 4) is 0 Å². The molecule has 0 radical (unpaired) electrons. The van der Waals surface area contributed by atoms with E-state index in [1.165, 1.54) is 36.4 Å². The molecule has 9 heteroatoms. The van der Waals surface area contributed by atoms with Crippen molar-refractivity contribution < 1.29 is 27.9 Å². The van der Waals surface area contributed by atoms with Crippen LogP contribution in [0.4, 0.5) is 13.2 Å². The molecule has 32 heavy (non-hydrogen) atoms. The first kappa shape index (κ1) is 22.1. The molecule has 5 nitrogen and oxygen atoms in total. The summed E-state index contributed by atoms with van der Waals surface area (Å²) in [5.74, 6) is -1.79. The van der Waals surface area contributed by atoms with Gasteiger partial charge in [-0.3, -0.25) is 9.59 Å². The fourth-order valence-corrected chi connectivity index (χ4v) is 3.96. The minimum absolute atomic E-state index is 0.0292. The fraction of sp³-hybridized carbons (Fsp3) is 0.217. The van der Waals surface area contributed by atoms with Gasteiger partial charge in [0.1, 0.15) is 5.82 Å². The Labute approximate surface area is 186 Å². The third-order valence-electron chi connectivity index (χ3n) is 5.51. The van der Waals surface area contributed by atoms with Crippen LogP contribution >= 0.6 is 11.6 Å². The first-order chi connectivity index (χ1) is 15.0. The summed E-state index contributed by atoms with van der Waals surface area (Å²) in [6.45, 7) is 1.58. The first-order valence-electron chi connectivity index (χ1n) is 9.72. The molecule has 2 heterocycles. The lowest BCUT2D eigenvalue weighted by Gasteiger charge is -2.43. The van der Waals surface area contributed by atoms with Crippen molar-refractivity contribution in [2.45, 2.75) is 18.8 Å². The Morgan fingerprint density at radius 2 is 1.59 bits per heavy atom. The molecular weight excluding hydrogens is 445 g/mol. The number of hydrogen-bond acceptors (Lipinski definition) is 5. The van der Waals surface area contributed by atoms with Gasteiger partial charge < -0.3 is 15.3 Å². The summed E-state index contributed by atoms with van der Waals surface area (Å²) in [5, 5.41) is 14.1. The van der Waals surface area contributed by atoms with Gasteiger partial charge in [0.05, 0.1) is 11.1 Å². The second-order valence-corrected chi connectivity index (χ2v) is 8.04. The molecule has 4 rings (SSSR count). The predicted molar refractivity (Wildman–Crippen MR) is 112 cm³/mol. The number of fused-ring (bicyclic) bond motifs is 1. The summed E-state index contributed by atoms with van der Waals surface area (Å²) >= 11 is 5.86. The Morgan fingerprint density at radius 3 is 2.19 bits per heavy atom. The smallest absolute Gasteiger partial charge is 0.369 e. The maximum absolute atomic E-state index is 14.2. The van der Waals surface area contributed by atoms with Crippen LogP contribution in [0, 0.1) is 6.92 Å². The number of aliphatic hydroxyl groups is 1. The second kappa shape index (κ2) is 7.79. The predicted octanol–water partition coefficient (Wildman–Crippen LogP) is 4.02. The number of Topliss-reactive ketones (excluding diaryl/α,β-unsaturated/α-hetero) is 2. The molecule has 1 atom stereocenters. The van der Waals surface area contributed by atoms with Crippen LogP contribution in [0.3, 0.4) is 0 Å². The quantitative estimate of drug-likeness (QED) is 0.672. The van der Waals surface area contributed by atoms with E-state index in [0.29, 0.717) is 9.92 Å². The highest BCUT2D eigenvalue weighted by molar-refractivity contribution is 6.30. The zero-order valence-electron chi connectivity index (χ0n) is 16.8. The number of benzene rings is 2. The molecule has 166 valence electrons. The van der Waals surface area contributed by atoms with Gasteiger partial charge in [0, 0.05) is 29.2 Å². The average Bonchev–Trinajstić information content (AvgIpc) is 3.24. The van der Waals surface area contributed by atoms with Crippen LogP contribution in [-0.2, 0) is 0 Å². The number of nitrogens with zero attached hydrogens (tertiary/aromatic N) is 1. The standard InChI is InChI=1S/C23H18ClF3N2O3/c1-13-2-4-15(5-3-13)20(31)18-12-17(19(30)14-6-8-16(24)9-7-14)21-28-10-11-29(21)22(18,32)23(25,26)27/h2-9,12,28,32H,10-11H2,1H3. The maximum Gasteiger partial charge on any atom is 0.441 e. The van der Waals surface area contributed by atoms with E-state index in [-0.39, 0.29) is 35.6 Å². The lowest BCUT2D eigenvalue weighted by molar-refractivity contribution is -0.288. The fourth-order valence-electron chi connectivity index (χ4n) is 3.84. The van der Waals surface area contributed by atoms with Gasteiger partial charge in [-0.15, -0.1) is 0 Å². The monoisotopic (exact) mass is 462 g/mol. The topological polar surface area (TPSA) is 69.6 Å². The Morgan fingerprint density at radius 1 is 1.03 bits per heavy atom. The number of halogens is 4. The van der Waals surface area contributed by atoms with E-state index in [9.17, 15) is 27.9 Å². The molecule has 1 fully saturated rings. The Hall–Kier alpha value is -3.10. The van der Waals surface area contributed by atoms with E-state index >= 15 is 0 Å². The van der Waals surface area contributed by atoms with Crippen molar-refractivity contribution in [1.82, 2.24) is 10.2 Å². The van der Waals surface area contributed by atoms with Crippen LogP contribution in [0.2, 0.25) is 5.02 Å². The van der Waals surface area contributed by atoms with Crippen molar-refractivity contribution in [2.24, 2.45) is 0 Å². The number of allylic oxidation sites excluding steroid dienone is 2. The molecule has 0 aliphatic carbocycles. The third-order valence-corrected chi connectivity index (χ3v) is 5.76. The lowest BCUT2D eigenvalue weighted by Crippen LogP contribution is -2.62. The summed E-state index contributed by atoms with van der Waals surface area (Å²) in [6.07, 6.45) is -4.36. The molecule has 1 unspecified atom stereocenters. The molecule has 0 amide bonds. The minimum atomic E-state index is -5.20. The summed E-state index contributed by atoms with van der Waals surface area (Å²) in [4.78, 5) is 27.0. The number of carbonyl (C=O) groups excluding carboxylic acids is 2. The van der Waals surface area contributed by atoms with E-state index in [0.717, 1.165) is 11.6 Å². The summed E-state index contributed by atoms with van der Waals surface area (Å²) in [7, 11) is 0.